The molecule has 0 N–H and O–H groups in total. The first-order valence-corrected chi connectivity index (χ1v) is 24.5. The molecule has 0 nitrogen and oxygen atoms in total. The van der Waals surface area contributed by atoms with Crippen LogP contribution < -0.4 is 0 Å². The Kier molecular flexibility index (Phi) is 13.2. The minimum atomic E-state index is -0.340. The Bertz CT molecular complexity index is 1730. The molecule has 0 radical (unpaired) electrons. The first-order chi connectivity index (χ1) is 25.8. The van der Waals surface area contributed by atoms with Gasteiger partial charge in [0, 0.05) is 11.5 Å². The van der Waals surface area contributed by atoms with Crippen molar-refractivity contribution in [3.8, 4) is 0 Å². The van der Waals surface area contributed by atoms with Gasteiger partial charge >= 0.3 is 0 Å². The van der Waals surface area contributed by atoms with Crippen LogP contribution in [-0.4, -0.2) is 0 Å². The second kappa shape index (κ2) is 18.6. The van der Waals surface area contributed by atoms with E-state index in [2.05, 4.69) is 206 Å². The van der Waals surface area contributed by atoms with Crippen LogP contribution in [-0.2, 0) is 21.0 Å². The molecule has 7 rings (SSSR count). The Balaban J connectivity index is 1.07. The van der Waals surface area contributed by atoms with Gasteiger partial charge in [0.15, 0.2) is 0 Å². The van der Waals surface area contributed by atoms with Crippen LogP contribution in [0.5, 0.6) is 0 Å². The van der Waals surface area contributed by atoms with Crippen LogP contribution in [0.15, 0.2) is 206 Å². The third kappa shape index (κ3) is 8.38. The van der Waals surface area contributed by atoms with Gasteiger partial charge in [-0.2, -0.15) is 0 Å². The van der Waals surface area contributed by atoms with E-state index in [1.54, 1.807) is 0 Å². The van der Waals surface area contributed by atoms with Gasteiger partial charge < -0.3 is 0 Å². The van der Waals surface area contributed by atoms with Crippen molar-refractivity contribution in [2.24, 2.45) is 0 Å². The fraction of sp³-hybridized carbons (Fsp3) is 0.0870. The van der Waals surface area contributed by atoms with Crippen LogP contribution in [0.4, 0.5) is 0 Å². The second-order valence-corrected chi connectivity index (χ2v) is 20.7. The maximum atomic E-state index is 2.30. The summed E-state index contributed by atoms with van der Waals surface area (Å²) in [5.41, 5.74) is 10.5. The highest BCUT2D eigenvalue weighted by molar-refractivity contribution is 9.09. The fourth-order valence-corrected chi connectivity index (χ4v) is 16.4. The lowest BCUT2D eigenvalue weighted by atomic mass is 9.84. The summed E-state index contributed by atoms with van der Waals surface area (Å²) in [4.78, 5) is 0. The summed E-state index contributed by atoms with van der Waals surface area (Å²) in [6, 6.07) is 74.6. The van der Waals surface area contributed by atoms with Crippen molar-refractivity contribution < 1.29 is 0 Å². The molecule has 6 heteroatoms. The van der Waals surface area contributed by atoms with Gasteiger partial charge in [-0.15, -0.1) is 0 Å². The standard InChI is InChI=1S/C46H38S6/c1-7-23-39(24-8-1)45(40-25-9-2-10-26-40,41-27-11-3-12-28-41)49-51-47-35-37-21-19-20-22-38(37)36-48-52-50-46(42-29-13-4-14-30-42,43-31-15-5-16-32-43)44-33-17-6-18-34-44/h1-34H,35-36H2. The Labute approximate surface area is 332 Å². The normalized spacial score (nSPS) is 11.7. The molecule has 0 aliphatic heterocycles. The first-order valence-electron chi connectivity index (χ1n) is 17.2. The molecule has 0 saturated heterocycles. The van der Waals surface area contributed by atoms with Crippen molar-refractivity contribution in [3.05, 3.63) is 251 Å². The molecule has 0 unspecified atom stereocenters. The molecule has 0 aliphatic rings. The molecule has 7 aromatic rings. The average molecular weight is 783 g/mol. The van der Waals surface area contributed by atoms with E-state index in [4.69, 9.17) is 0 Å². The van der Waals surface area contributed by atoms with Crippen LogP contribution in [0.25, 0.3) is 0 Å². The van der Waals surface area contributed by atoms with Crippen molar-refractivity contribution >= 4 is 62.8 Å². The van der Waals surface area contributed by atoms with Gasteiger partial charge in [0.2, 0.25) is 0 Å². The summed E-state index contributed by atoms with van der Waals surface area (Å²) < 4.78 is -0.680. The monoisotopic (exact) mass is 782 g/mol. The van der Waals surface area contributed by atoms with Crippen molar-refractivity contribution in [3.63, 3.8) is 0 Å². The van der Waals surface area contributed by atoms with Gasteiger partial charge in [0.05, 0.1) is 0 Å². The maximum absolute atomic E-state index is 2.30. The van der Waals surface area contributed by atoms with Crippen LogP contribution in [0.2, 0.25) is 0 Å². The molecule has 0 heterocycles. The van der Waals surface area contributed by atoms with Crippen molar-refractivity contribution in [1.29, 1.82) is 0 Å². The van der Waals surface area contributed by atoms with Gasteiger partial charge in [-0.05, 0) is 64.2 Å². The van der Waals surface area contributed by atoms with Crippen LogP contribution in [0.1, 0.15) is 44.5 Å². The van der Waals surface area contributed by atoms with E-state index in [0.717, 1.165) is 11.5 Å². The van der Waals surface area contributed by atoms with Gasteiger partial charge in [-0.1, -0.05) is 249 Å². The predicted molar refractivity (Wildman–Crippen MR) is 238 cm³/mol. The molecule has 0 fully saturated rings. The lowest BCUT2D eigenvalue weighted by Crippen LogP contribution is -2.24. The Morgan fingerprint density at radius 2 is 0.481 bits per heavy atom. The van der Waals surface area contributed by atoms with Gasteiger partial charge in [0.1, 0.15) is 9.49 Å². The highest BCUT2D eigenvalue weighted by Gasteiger charge is 2.39. The summed E-state index contributed by atoms with van der Waals surface area (Å²) >= 11 is 0. The highest BCUT2D eigenvalue weighted by atomic mass is 33.5. The molecule has 258 valence electrons. The zero-order chi connectivity index (χ0) is 35.3. The summed E-state index contributed by atoms with van der Waals surface area (Å²) in [7, 11) is 11.5. The Morgan fingerprint density at radius 3 is 0.712 bits per heavy atom. The number of rotatable bonds is 16. The third-order valence-corrected chi connectivity index (χ3v) is 18.3. The molecule has 0 spiro atoms. The smallest absolute Gasteiger partial charge is 0.0777 e. The quantitative estimate of drug-likeness (QED) is 0.0540. The largest absolute Gasteiger partial charge is 0.102 e. The van der Waals surface area contributed by atoms with E-state index < -0.39 is 0 Å². The fourth-order valence-electron chi connectivity index (χ4n) is 6.49. The van der Waals surface area contributed by atoms with Gasteiger partial charge in [0.25, 0.3) is 0 Å². The zero-order valence-electron chi connectivity index (χ0n) is 28.5. The third-order valence-electron chi connectivity index (χ3n) is 9.04. The first kappa shape index (κ1) is 37.0. The molecule has 0 aromatic heterocycles. The minimum Gasteiger partial charge on any atom is -0.0777 e. The summed E-state index contributed by atoms with van der Waals surface area (Å²) in [5.74, 6) is 1.87. The van der Waals surface area contributed by atoms with E-state index in [1.807, 2.05) is 62.8 Å². The van der Waals surface area contributed by atoms with E-state index in [1.165, 1.54) is 44.5 Å². The molecule has 7 aromatic carbocycles. The molecular formula is C46H38S6. The summed E-state index contributed by atoms with van der Waals surface area (Å²) in [6.45, 7) is 0. The van der Waals surface area contributed by atoms with E-state index in [0.29, 0.717) is 0 Å². The predicted octanol–water partition coefficient (Wildman–Crippen LogP) is 14.7. The minimum absolute atomic E-state index is 0.340. The molecule has 52 heavy (non-hydrogen) atoms. The lowest BCUT2D eigenvalue weighted by molar-refractivity contribution is 0.903. The van der Waals surface area contributed by atoms with Crippen molar-refractivity contribution in [2.45, 2.75) is 21.0 Å². The van der Waals surface area contributed by atoms with Gasteiger partial charge in [-0.3, -0.25) is 0 Å². The number of benzene rings is 7. The Morgan fingerprint density at radius 1 is 0.269 bits per heavy atom. The van der Waals surface area contributed by atoms with Gasteiger partial charge in [-0.25, -0.2) is 0 Å². The lowest BCUT2D eigenvalue weighted by Gasteiger charge is -2.34. The second-order valence-electron chi connectivity index (χ2n) is 12.2. The zero-order valence-corrected chi connectivity index (χ0v) is 33.4. The van der Waals surface area contributed by atoms with Crippen LogP contribution in [0.3, 0.4) is 0 Å². The molecule has 0 aliphatic carbocycles. The van der Waals surface area contributed by atoms with E-state index in [-0.39, 0.29) is 9.49 Å². The van der Waals surface area contributed by atoms with Crippen molar-refractivity contribution in [1.82, 2.24) is 0 Å². The molecule has 0 saturated carbocycles. The molecule has 0 atom stereocenters. The number of hydrogen-bond acceptors (Lipinski definition) is 6. The topological polar surface area (TPSA) is 0 Å². The highest BCUT2D eigenvalue weighted by Crippen LogP contribution is 2.58. The molecule has 0 bridgehead atoms. The van der Waals surface area contributed by atoms with E-state index in [9.17, 15) is 0 Å². The van der Waals surface area contributed by atoms with E-state index >= 15 is 0 Å². The van der Waals surface area contributed by atoms with Crippen LogP contribution in [0, 0.1) is 0 Å². The summed E-state index contributed by atoms with van der Waals surface area (Å²) in [6.07, 6.45) is 0. The van der Waals surface area contributed by atoms with Crippen LogP contribution >= 0.6 is 62.8 Å². The van der Waals surface area contributed by atoms with Crippen molar-refractivity contribution in [2.75, 3.05) is 0 Å². The Hall–Kier alpha value is -3.36. The molecular weight excluding hydrogens is 745 g/mol. The summed E-state index contributed by atoms with van der Waals surface area (Å²) in [5, 5.41) is 0. The maximum Gasteiger partial charge on any atom is 0.102 e. The number of hydrogen-bond donors (Lipinski definition) is 0. The SMILES string of the molecule is c1ccc(C(SSSCc2ccccc2CSSSC(c2ccccc2)(c2ccccc2)c2ccccc2)(c2ccccc2)c2ccccc2)cc1. The molecule has 0 amide bonds. The average Bonchev–Trinajstić information content (AvgIpc) is 3.23.